The van der Waals surface area contributed by atoms with Gasteiger partial charge in [-0.3, -0.25) is 0 Å². The second-order valence-corrected chi connectivity index (χ2v) is 8.80. The van der Waals surface area contributed by atoms with E-state index in [-0.39, 0.29) is 17.7 Å². The van der Waals surface area contributed by atoms with E-state index in [1.54, 1.807) is 7.11 Å². The summed E-state index contributed by atoms with van der Waals surface area (Å²) in [5.41, 5.74) is 9.99. The molecule has 1 aliphatic heterocycles. The van der Waals surface area contributed by atoms with Gasteiger partial charge >= 0.3 is 0 Å². The smallest absolute Gasteiger partial charge is 0.142 e. The van der Waals surface area contributed by atoms with E-state index in [0.29, 0.717) is 13.2 Å². The number of methoxy groups -OCH3 is 1. The Labute approximate surface area is 193 Å². The molecule has 2 N–H and O–H groups in total. The first-order valence-corrected chi connectivity index (χ1v) is 11.6. The van der Waals surface area contributed by atoms with Gasteiger partial charge in [-0.15, -0.1) is 0 Å². The van der Waals surface area contributed by atoms with E-state index in [1.165, 1.54) is 11.1 Å². The Kier molecular flexibility index (Phi) is 8.21. The predicted molar refractivity (Wildman–Crippen MR) is 131 cm³/mol. The molecule has 3 rings (SSSR count). The molecule has 0 bridgehead atoms. The van der Waals surface area contributed by atoms with Crippen molar-refractivity contribution in [2.24, 2.45) is 11.1 Å². The van der Waals surface area contributed by atoms with Crippen molar-refractivity contribution in [3.8, 4) is 11.5 Å². The van der Waals surface area contributed by atoms with Crippen molar-refractivity contribution in [1.82, 2.24) is 0 Å². The monoisotopic (exact) mass is 438 g/mol. The van der Waals surface area contributed by atoms with Gasteiger partial charge in [-0.2, -0.15) is 0 Å². The van der Waals surface area contributed by atoms with Gasteiger partial charge in [0.25, 0.3) is 0 Å². The molecule has 5 heteroatoms. The fourth-order valence-corrected chi connectivity index (χ4v) is 4.36. The minimum atomic E-state index is -0.367. The SMILES string of the molecule is CCC(CC)(CN1c2ccccc2OCC1c1cccc(OC)c1)C(N)OCC=C(C)C. The van der Waals surface area contributed by atoms with Crippen LogP contribution in [0.15, 0.2) is 60.2 Å². The van der Waals surface area contributed by atoms with Crippen LogP contribution in [-0.4, -0.2) is 33.1 Å². The molecule has 32 heavy (non-hydrogen) atoms. The van der Waals surface area contributed by atoms with Crippen LogP contribution in [0.2, 0.25) is 0 Å². The van der Waals surface area contributed by atoms with Gasteiger partial charge < -0.3 is 24.8 Å². The molecule has 0 spiro atoms. The van der Waals surface area contributed by atoms with Gasteiger partial charge in [-0.1, -0.05) is 49.8 Å². The first kappa shape index (κ1) is 24.1. The Morgan fingerprint density at radius 1 is 1.19 bits per heavy atom. The molecule has 2 aromatic carbocycles. The van der Waals surface area contributed by atoms with Crippen molar-refractivity contribution in [3.63, 3.8) is 0 Å². The van der Waals surface area contributed by atoms with Gasteiger partial charge in [0.2, 0.25) is 0 Å². The largest absolute Gasteiger partial charge is 0.497 e. The fourth-order valence-electron chi connectivity index (χ4n) is 4.36. The first-order chi connectivity index (χ1) is 15.4. The summed E-state index contributed by atoms with van der Waals surface area (Å²) in [4.78, 5) is 2.45. The van der Waals surface area contributed by atoms with Crippen molar-refractivity contribution >= 4 is 5.69 Å². The Bertz CT molecular complexity index is 903. The number of ether oxygens (including phenoxy) is 3. The summed E-state index contributed by atoms with van der Waals surface area (Å²) < 4.78 is 17.8. The lowest BCUT2D eigenvalue weighted by Crippen LogP contribution is -2.52. The van der Waals surface area contributed by atoms with Crippen molar-refractivity contribution < 1.29 is 14.2 Å². The van der Waals surface area contributed by atoms with Gasteiger partial charge in [-0.25, -0.2) is 0 Å². The van der Waals surface area contributed by atoms with Crippen LogP contribution in [-0.2, 0) is 4.74 Å². The molecule has 1 aliphatic rings. The molecule has 2 atom stereocenters. The van der Waals surface area contributed by atoms with Gasteiger partial charge in [0.15, 0.2) is 0 Å². The van der Waals surface area contributed by atoms with E-state index in [1.807, 2.05) is 24.3 Å². The summed E-state index contributed by atoms with van der Waals surface area (Å²) in [6.45, 7) is 10.4. The molecule has 2 unspecified atom stereocenters. The molecule has 0 saturated carbocycles. The average molecular weight is 439 g/mol. The molecular formula is C27H38N2O3. The molecular weight excluding hydrogens is 400 g/mol. The van der Waals surface area contributed by atoms with Gasteiger partial charge in [0.05, 0.1) is 25.4 Å². The van der Waals surface area contributed by atoms with Crippen LogP contribution in [0, 0.1) is 5.41 Å². The van der Waals surface area contributed by atoms with Crippen LogP contribution >= 0.6 is 0 Å². The quantitative estimate of drug-likeness (QED) is 0.380. The Morgan fingerprint density at radius 3 is 2.62 bits per heavy atom. The maximum atomic E-state index is 6.70. The second-order valence-electron chi connectivity index (χ2n) is 8.80. The lowest BCUT2D eigenvalue weighted by atomic mass is 9.79. The number of hydrogen-bond donors (Lipinski definition) is 1. The van der Waals surface area contributed by atoms with Crippen LogP contribution in [0.5, 0.6) is 11.5 Å². The average Bonchev–Trinajstić information content (AvgIpc) is 2.82. The molecule has 174 valence electrons. The number of allylic oxidation sites excluding steroid dienone is 1. The number of hydrogen-bond acceptors (Lipinski definition) is 5. The summed E-state index contributed by atoms with van der Waals surface area (Å²) in [5.74, 6) is 1.76. The highest BCUT2D eigenvalue weighted by atomic mass is 16.5. The second kappa shape index (κ2) is 10.9. The standard InChI is InChI=1S/C27H38N2O3/c1-6-27(7-2,26(28)31-16-15-20(3)4)19-29-23-13-8-9-14-25(23)32-18-24(29)21-11-10-12-22(17-21)30-5/h8-15,17,24,26H,6-7,16,18-19,28H2,1-5H3. The van der Waals surface area contributed by atoms with Crippen LogP contribution in [0.3, 0.4) is 0 Å². The third-order valence-corrected chi connectivity index (χ3v) is 6.69. The molecule has 2 aromatic rings. The molecule has 0 aromatic heterocycles. The minimum Gasteiger partial charge on any atom is -0.497 e. The van der Waals surface area contributed by atoms with E-state index >= 15 is 0 Å². The van der Waals surface area contributed by atoms with Gasteiger partial charge in [-0.05, 0) is 56.5 Å². The van der Waals surface area contributed by atoms with Crippen LogP contribution < -0.4 is 20.1 Å². The van der Waals surface area contributed by atoms with Crippen molar-refractivity contribution in [2.45, 2.75) is 52.8 Å². The zero-order valence-electron chi connectivity index (χ0n) is 20.1. The maximum absolute atomic E-state index is 6.70. The highest BCUT2D eigenvalue weighted by Gasteiger charge is 2.40. The third-order valence-electron chi connectivity index (χ3n) is 6.69. The molecule has 5 nitrogen and oxygen atoms in total. The summed E-state index contributed by atoms with van der Waals surface area (Å²) >= 11 is 0. The van der Waals surface area contributed by atoms with Crippen LogP contribution in [0.4, 0.5) is 5.69 Å². The van der Waals surface area contributed by atoms with E-state index in [9.17, 15) is 0 Å². The number of fused-ring (bicyclic) bond motifs is 1. The Balaban J connectivity index is 1.97. The van der Waals surface area contributed by atoms with Crippen LogP contribution in [0.1, 0.15) is 52.1 Å². The van der Waals surface area contributed by atoms with E-state index < -0.39 is 0 Å². The van der Waals surface area contributed by atoms with E-state index in [4.69, 9.17) is 19.9 Å². The van der Waals surface area contributed by atoms with Crippen LogP contribution in [0.25, 0.3) is 0 Å². The summed E-state index contributed by atoms with van der Waals surface area (Å²) in [5, 5.41) is 0. The summed E-state index contributed by atoms with van der Waals surface area (Å²) in [6, 6.07) is 16.6. The zero-order valence-corrected chi connectivity index (χ0v) is 20.1. The van der Waals surface area contributed by atoms with Gasteiger partial charge in [0.1, 0.15) is 24.3 Å². The summed E-state index contributed by atoms with van der Waals surface area (Å²) in [6.07, 6.45) is 3.56. The molecule has 0 radical (unpaired) electrons. The number of para-hydroxylation sites is 2. The molecule has 0 fully saturated rings. The fraction of sp³-hybridized carbons (Fsp3) is 0.481. The van der Waals surface area contributed by atoms with E-state index in [0.717, 1.165) is 36.6 Å². The molecule has 0 amide bonds. The van der Waals surface area contributed by atoms with Crippen molar-refractivity contribution in [2.75, 3.05) is 31.8 Å². The Hall–Kier alpha value is -2.50. The van der Waals surface area contributed by atoms with Crippen molar-refractivity contribution in [1.29, 1.82) is 0 Å². The Morgan fingerprint density at radius 2 is 1.94 bits per heavy atom. The lowest BCUT2D eigenvalue weighted by molar-refractivity contribution is -0.0287. The topological polar surface area (TPSA) is 57.0 Å². The highest BCUT2D eigenvalue weighted by Crippen LogP contribution is 2.43. The summed E-state index contributed by atoms with van der Waals surface area (Å²) in [7, 11) is 1.70. The number of anilines is 1. The lowest BCUT2D eigenvalue weighted by Gasteiger charge is -2.46. The number of benzene rings is 2. The number of nitrogens with zero attached hydrogens (tertiary/aromatic N) is 1. The maximum Gasteiger partial charge on any atom is 0.142 e. The third kappa shape index (κ3) is 5.28. The number of rotatable bonds is 10. The molecule has 0 aliphatic carbocycles. The zero-order chi connectivity index (χ0) is 23.1. The number of nitrogens with two attached hydrogens (primary N) is 1. The van der Waals surface area contributed by atoms with E-state index in [2.05, 4.69) is 62.9 Å². The molecule has 0 saturated heterocycles. The minimum absolute atomic E-state index is 0.0578. The first-order valence-electron chi connectivity index (χ1n) is 11.6. The van der Waals surface area contributed by atoms with Gasteiger partial charge in [0, 0.05) is 12.0 Å². The molecule has 1 heterocycles. The van der Waals surface area contributed by atoms with Crippen molar-refractivity contribution in [3.05, 3.63) is 65.7 Å². The normalized spacial score (nSPS) is 16.7. The highest BCUT2D eigenvalue weighted by molar-refractivity contribution is 5.62. The predicted octanol–water partition coefficient (Wildman–Crippen LogP) is 5.71.